The Hall–Kier alpha value is -2.07. The molecule has 3 nitrogen and oxygen atoms in total. The predicted octanol–water partition coefficient (Wildman–Crippen LogP) is 3.35. The summed E-state index contributed by atoms with van der Waals surface area (Å²) in [5.41, 5.74) is 3.04. The monoisotopic (exact) mass is 239 g/mol. The fourth-order valence-corrected chi connectivity index (χ4v) is 1.95. The molecule has 1 aromatic carbocycles. The Morgan fingerprint density at radius 1 is 1.06 bits per heavy atom. The molecule has 3 rings (SSSR count). The van der Waals surface area contributed by atoms with E-state index in [2.05, 4.69) is 21.0 Å². The Morgan fingerprint density at radius 2 is 2.00 bits per heavy atom. The summed E-state index contributed by atoms with van der Waals surface area (Å²) < 4.78 is 0.588. The fraction of sp³-hybridized carbons (Fsp3) is 0. The standard InChI is InChI=1S/C13H9N3S/c17-13-7-12(15-8-16-13)10-3-4-11-9(6-10)2-1-5-14-11/h1-8H,(H,15,16,17). The van der Waals surface area contributed by atoms with Crippen molar-refractivity contribution in [1.29, 1.82) is 0 Å². The molecule has 3 aromatic rings. The van der Waals surface area contributed by atoms with E-state index in [1.54, 1.807) is 12.5 Å². The van der Waals surface area contributed by atoms with E-state index in [1.807, 2.05) is 30.3 Å². The molecule has 0 spiro atoms. The number of pyridine rings is 1. The quantitative estimate of drug-likeness (QED) is 0.662. The average Bonchev–Trinajstić information content (AvgIpc) is 2.38. The molecule has 0 atom stereocenters. The maximum atomic E-state index is 5.05. The molecule has 0 saturated carbocycles. The first-order valence-electron chi connectivity index (χ1n) is 5.23. The molecule has 0 saturated heterocycles. The topological polar surface area (TPSA) is 41.6 Å². The third-order valence-corrected chi connectivity index (χ3v) is 2.82. The summed E-state index contributed by atoms with van der Waals surface area (Å²) in [6, 6.07) is 11.9. The zero-order valence-electron chi connectivity index (χ0n) is 8.92. The average molecular weight is 239 g/mol. The zero-order chi connectivity index (χ0) is 11.7. The fourth-order valence-electron chi connectivity index (χ4n) is 1.78. The third kappa shape index (κ3) is 1.94. The van der Waals surface area contributed by atoms with Gasteiger partial charge in [0.1, 0.15) is 4.64 Å². The maximum absolute atomic E-state index is 5.05. The predicted molar refractivity (Wildman–Crippen MR) is 70.2 cm³/mol. The molecule has 0 radical (unpaired) electrons. The van der Waals surface area contributed by atoms with Crippen LogP contribution in [0.4, 0.5) is 0 Å². The molecule has 0 unspecified atom stereocenters. The van der Waals surface area contributed by atoms with Gasteiger partial charge in [-0.2, -0.15) is 0 Å². The van der Waals surface area contributed by atoms with Gasteiger partial charge in [0.25, 0.3) is 0 Å². The molecule has 2 heterocycles. The molecule has 0 aliphatic carbocycles. The highest BCUT2D eigenvalue weighted by Crippen LogP contribution is 2.21. The van der Waals surface area contributed by atoms with E-state index >= 15 is 0 Å². The number of fused-ring (bicyclic) bond motifs is 1. The number of H-pyrrole nitrogens is 1. The maximum Gasteiger partial charge on any atom is 0.130 e. The van der Waals surface area contributed by atoms with Gasteiger partial charge in [-0.1, -0.05) is 24.4 Å². The van der Waals surface area contributed by atoms with Crippen LogP contribution in [0, 0.1) is 4.64 Å². The van der Waals surface area contributed by atoms with Crippen LogP contribution in [0.3, 0.4) is 0 Å². The molecule has 17 heavy (non-hydrogen) atoms. The lowest BCUT2D eigenvalue weighted by molar-refractivity contribution is 1.16. The van der Waals surface area contributed by atoms with E-state index in [4.69, 9.17) is 12.2 Å². The number of nitrogens with zero attached hydrogens (tertiary/aromatic N) is 2. The van der Waals surface area contributed by atoms with Crippen molar-refractivity contribution in [3.63, 3.8) is 0 Å². The summed E-state index contributed by atoms with van der Waals surface area (Å²) in [7, 11) is 0. The minimum atomic E-state index is 0.588. The van der Waals surface area contributed by atoms with Crippen LogP contribution in [0.5, 0.6) is 0 Å². The summed E-state index contributed by atoms with van der Waals surface area (Å²) in [4.78, 5) is 11.4. The summed E-state index contributed by atoms with van der Waals surface area (Å²) >= 11 is 5.05. The van der Waals surface area contributed by atoms with E-state index in [9.17, 15) is 0 Å². The number of nitrogens with one attached hydrogen (secondary N) is 1. The third-order valence-electron chi connectivity index (χ3n) is 2.59. The lowest BCUT2D eigenvalue weighted by atomic mass is 10.1. The first kappa shape index (κ1) is 10.1. The van der Waals surface area contributed by atoms with Gasteiger partial charge >= 0.3 is 0 Å². The minimum Gasteiger partial charge on any atom is -0.346 e. The van der Waals surface area contributed by atoms with Crippen molar-refractivity contribution < 1.29 is 0 Å². The van der Waals surface area contributed by atoms with Crippen molar-refractivity contribution in [3.8, 4) is 11.3 Å². The van der Waals surface area contributed by atoms with Gasteiger partial charge in [-0.3, -0.25) is 4.98 Å². The van der Waals surface area contributed by atoms with Gasteiger partial charge in [-0.15, -0.1) is 0 Å². The highest BCUT2D eigenvalue weighted by Gasteiger charge is 2.00. The molecule has 4 heteroatoms. The summed E-state index contributed by atoms with van der Waals surface area (Å²) in [5, 5.41) is 1.11. The summed E-state index contributed by atoms with van der Waals surface area (Å²) in [6.45, 7) is 0. The van der Waals surface area contributed by atoms with Crippen LogP contribution in [0.25, 0.3) is 22.2 Å². The number of aromatic nitrogens is 3. The van der Waals surface area contributed by atoms with E-state index < -0.39 is 0 Å². The Balaban J connectivity index is 2.21. The number of hydrogen-bond acceptors (Lipinski definition) is 3. The van der Waals surface area contributed by atoms with Gasteiger partial charge < -0.3 is 4.98 Å². The molecular formula is C13H9N3S. The van der Waals surface area contributed by atoms with E-state index in [1.165, 1.54) is 0 Å². The molecule has 0 bridgehead atoms. The molecule has 0 amide bonds. The largest absolute Gasteiger partial charge is 0.346 e. The van der Waals surface area contributed by atoms with Crippen molar-refractivity contribution >= 4 is 23.1 Å². The van der Waals surface area contributed by atoms with Gasteiger partial charge in [0.15, 0.2) is 0 Å². The second-order valence-corrected chi connectivity index (χ2v) is 4.13. The van der Waals surface area contributed by atoms with Gasteiger partial charge in [-0.05, 0) is 29.8 Å². The first-order valence-corrected chi connectivity index (χ1v) is 5.64. The number of hydrogen-bond donors (Lipinski definition) is 1. The molecule has 1 N–H and O–H groups in total. The summed E-state index contributed by atoms with van der Waals surface area (Å²) in [6.07, 6.45) is 3.41. The number of aromatic amines is 1. The molecular weight excluding hydrogens is 230 g/mol. The van der Waals surface area contributed by atoms with Gasteiger partial charge in [0, 0.05) is 17.3 Å². The van der Waals surface area contributed by atoms with Crippen LogP contribution >= 0.6 is 12.2 Å². The van der Waals surface area contributed by atoms with Crippen LogP contribution in [0.15, 0.2) is 48.9 Å². The lowest BCUT2D eigenvalue weighted by Crippen LogP contribution is -1.86. The number of benzene rings is 1. The van der Waals surface area contributed by atoms with Crippen molar-refractivity contribution in [1.82, 2.24) is 15.0 Å². The van der Waals surface area contributed by atoms with E-state index in [-0.39, 0.29) is 0 Å². The normalized spacial score (nSPS) is 10.6. The number of rotatable bonds is 1. The van der Waals surface area contributed by atoms with Crippen LogP contribution < -0.4 is 0 Å². The van der Waals surface area contributed by atoms with Crippen molar-refractivity contribution in [2.45, 2.75) is 0 Å². The minimum absolute atomic E-state index is 0.588. The van der Waals surface area contributed by atoms with Crippen molar-refractivity contribution in [3.05, 3.63) is 53.6 Å². The Labute approximate surface area is 103 Å². The van der Waals surface area contributed by atoms with Gasteiger partial charge in [-0.25, -0.2) is 4.98 Å². The molecule has 82 valence electrons. The smallest absolute Gasteiger partial charge is 0.130 e. The van der Waals surface area contributed by atoms with Crippen molar-refractivity contribution in [2.24, 2.45) is 0 Å². The van der Waals surface area contributed by atoms with Crippen LogP contribution in [0.1, 0.15) is 0 Å². The highest BCUT2D eigenvalue weighted by molar-refractivity contribution is 7.71. The first-order chi connectivity index (χ1) is 8.33. The molecule has 2 aromatic heterocycles. The highest BCUT2D eigenvalue weighted by atomic mass is 32.1. The van der Waals surface area contributed by atoms with Crippen LogP contribution in [0.2, 0.25) is 0 Å². The SMILES string of the molecule is S=c1cc(-c2ccc3ncccc3c2)[nH]cn1. The van der Waals surface area contributed by atoms with Crippen molar-refractivity contribution in [2.75, 3.05) is 0 Å². The Bertz CT molecular complexity index is 734. The van der Waals surface area contributed by atoms with Crippen LogP contribution in [-0.2, 0) is 0 Å². The van der Waals surface area contributed by atoms with Gasteiger partial charge in [0.2, 0.25) is 0 Å². The lowest BCUT2D eigenvalue weighted by Gasteiger charge is -2.03. The van der Waals surface area contributed by atoms with Crippen LogP contribution in [-0.4, -0.2) is 15.0 Å². The molecule has 0 aliphatic heterocycles. The molecule has 0 fully saturated rings. The van der Waals surface area contributed by atoms with E-state index in [0.717, 1.165) is 22.2 Å². The second-order valence-electron chi connectivity index (χ2n) is 3.71. The Morgan fingerprint density at radius 3 is 2.88 bits per heavy atom. The zero-order valence-corrected chi connectivity index (χ0v) is 9.74. The summed E-state index contributed by atoms with van der Waals surface area (Å²) in [5.74, 6) is 0. The van der Waals surface area contributed by atoms with E-state index in [0.29, 0.717) is 4.64 Å². The second kappa shape index (κ2) is 4.07. The Kier molecular flexibility index (Phi) is 2.42. The van der Waals surface area contributed by atoms with Gasteiger partial charge in [0.05, 0.1) is 11.8 Å². The molecule has 0 aliphatic rings.